The minimum absolute atomic E-state index is 0.0344. The van der Waals surface area contributed by atoms with Gasteiger partial charge < -0.3 is 16.4 Å². The van der Waals surface area contributed by atoms with Crippen molar-refractivity contribution in [3.63, 3.8) is 0 Å². The van der Waals surface area contributed by atoms with Crippen LogP contribution < -0.4 is 16.4 Å². The smallest absolute Gasteiger partial charge is 0.275 e. The molecule has 2 heterocycles. The van der Waals surface area contributed by atoms with Crippen molar-refractivity contribution < 1.29 is 9.18 Å². The SMILES string of the molecule is N#Cc1cnc(C(=O)Nc2ccc(F)c(CNc3cccnc3N)c2)c(Cl)c1. The molecule has 0 saturated heterocycles. The zero-order valence-corrected chi connectivity index (χ0v) is 15.2. The number of nitrogen functional groups attached to an aromatic ring is 1. The Hall–Kier alpha value is -3.70. The second-order valence-corrected chi connectivity index (χ2v) is 6.12. The van der Waals surface area contributed by atoms with Crippen LogP contribution in [0.5, 0.6) is 0 Å². The van der Waals surface area contributed by atoms with Crippen LogP contribution in [0.1, 0.15) is 21.6 Å². The quantitative estimate of drug-likeness (QED) is 0.606. The molecule has 0 bridgehead atoms. The Morgan fingerprint density at radius 2 is 2.11 bits per heavy atom. The van der Waals surface area contributed by atoms with Crippen LogP contribution in [-0.2, 0) is 6.54 Å². The van der Waals surface area contributed by atoms with Gasteiger partial charge in [0.05, 0.1) is 16.3 Å². The number of nitrogens with one attached hydrogen (secondary N) is 2. The number of carbonyl (C=O) groups is 1. The van der Waals surface area contributed by atoms with Crippen LogP contribution in [0.25, 0.3) is 0 Å². The molecule has 0 unspecified atom stereocenters. The molecule has 28 heavy (non-hydrogen) atoms. The Balaban J connectivity index is 1.75. The third kappa shape index (κ3) is 4.34. The van der Waals surface area contributed by atoms with E-state index in [2.05, 4.69) is 20.6 Å². The Morgan fingerprint density at radius 1 is 1.29 bits per heavy atom. The van der Waals surface area contributed by atoms with Crippen molar-refractivity contribution in [2.45, 2.75) is 6.54 Å². The van der Waals surface area contributed by atoms with Gasteiger partial charge in [-0.2, -0.15) is 5.26 Å². The van der Waals surface area contributed by atoms with Gasteiger partial charge in [0.1, 0.15) is 23.4 Å². The van der Waals surface area contributed by atoms with E-state index in [1.807, 2.05) is 6.07 Å². The highest BCUT2D eigenvalue weighted by Gasteiger charge is 2.14. The first-order valence-electron chi connectivity index (χ1n) is 8.07. The second-order valence-electron chi connectivity index (χ2n) is 5.72. The van der Waals surface area contributed by atoms with Gasteiger partial charge in [0.15, 0.2) is 0 Å². The summed E-state index contributed by atoms with van der Waals surface area (Å²) in [5, 5.41) is 14.5. The minimum atomic E-state index is -0.573. The number of rotatable bonds is 5. The second kappa shape index (κ2) is 8.33. The van der Waals surface area contributed by atoms with Crippen molar-refractivity contribution >= 4 is 34.7 Å². The molecular formula is C19H14ClFN6O. The average molecular weight is 397 g/mol. The maximum atomic E-state index is 14.1. The lowest BCUT2D eigenvalue weighted by atomic mass is 10.1. The number of anilines is 3. The molecule has 1 amide bonds. The third-order valence-corrected chi connectivity index (χ3v) is 4.08. The third-order valence-electron chi connectivity index (χ3n) is 3.80. The summed E-state index contributed by atoms with van der Waals surface area (Å²) >= 11 is 6.00. The lowest BCUT2D eigenvalue weighted by Gasteiger charge is -2.11. The van der Waals surface area contributed by atoms with Crippen molar-refractivity contribution in [2.75, 3.05) is 16.4 Å². The van der Waals surface area contributed by atoms with E-state index in [-0.39, 0.29) is 22.8 Å². The summed E-state index contributed by atoms with van der Waals surface area (Å²) in [4.78, 5) is 20.2. The highest BCUT2D eigenvalue weighted by Crippen LogP contribution is 2.21. The van der Waals surface area contributed by atoms with Crippen molar-refractivity contribution in [1.82, 2.24) is 9.97 Å². The van der Waals surface area contributed by atoms with Crippen LogP contribution in [-0.4, -0.2) is 15.9 Å². The van der Waals surface area contributed by atoms with E-state index >= 15 is 0 Å². The summed E-state index contributed by atoms with van der Waals surface area (Å²) in [6, 6.07) is 10.8. The molecule has 3 aromatic rings. The topological polar surface area (TPSA) is 117 Å². The van der Waals surface area contributed by atoms with Gasteiger partial charge in [0.25, 0.3) is 5.91 Å². The van der Waals surface area contributed by atoms with E-state index in [9.17, 15) is 9.18 Å². The van der Waals surface area contributed by atoms with Gasteiger partial charge in [-0.25, -0.2) is 14.4 Å². The van der Waals surface area contributed by atoms with E-state index < -0.39 is 11.7 Å². The maximum absolute atomic E-state index is 14.1. The van der Waals surface area contributed by atoms with Crippen LogP contribution in [0.4, 0.5) is 21.6 Å². The van der Waals surface area contributed by atoms with Gasteiger partial charge >= 0.3 is 0 Å². The molecule has 2 aromatic heterocycles. The number of nitrogens with zero attached hydrogens (tertiary/aromatic N) is 3. The number of pyridine rings is 2. The number of hydrogen-bond donors (Lipinski definition) is 3. The maximum Gasteiger partial charge on any atom is 0.275 e. The van der Waals surface area contributed by atoms with Gasteiger partial charge in [0, 0.05) is 30.2 Å². The molecule has 0 spiro atoms. The molecule has 0 radical (unpaired) electrons. The molecule has 4 N–H and O–H groups in total. The molecule has 0 fully saturated rings. The Kier molecular flexibility index (Phi) is 5.67. The molecular weight excluding hydrogens is 383 g/mol. The highest BCUT2D eigenvalue weighted by molar-refractivity contribution is 6.34. The van der Waals surface area contributed by atoms with Crippen molar-refractivity contribution in [3.8, 4) is 6.07 Å². The van der Waals surface area contributed by atoms with E-state index in [0.717, 1.165) is 0 Å². The molecule has 1 aromatic carbocycles. The summed E-state index contributed by atoms with van der Waals surface area (Å²) < 4.78 is 14.1. The van der Waals surface area contributed by atoms with Gasteiger partial charge in [-0.15, -0.1) is 0 Å². The first-order chi connectivity index (χ1) is 13.5. The Morgan fingerprint density at radius 3 is 2.82 bits per heavy atom. The number of hydrogen-bond acceptors (Lipinski definition) is 6. The number of aromatic nitrogens is 2. The Labute approximate surface area is 165 Å². The zero-order chi connectivity index (χ0) is 20.1. The molecule has 0 saturated carbocycles. The van der Waals surface area contributed by atoms with Crippen molar-refractivity contribution in [1.29, 1.82) is 5.26 Å². The number of amides is 1. The lowest BCUT2D eigenvalue weighted by Crippen LogP contribution is -2.15. The fourth-order valence-electron chi connectivity index (χ4n) is 2.40. The molecule has 0 aliphatic rings. The zero-order valence-electron chi connectivity index (χ0n) is 14.4. The van der Waals surface area contributed by atoms with Gasteiger partial charge in [0.2, 0.25) is 0 Å². The number of benzene rings is 1. The minimum Gasteiger partial charge on any atom is -0.382 e. The molecule has 9 heteroatoms. The first-order valence-corrected chi connectivity index (χ1v) is 8.45. The van der Waals surface area contributed by atoms with Gasteiger partial charge in [-0.3, -0.25) is 4.79 Å². The summed E-state index contributed by atoms with van der Waals surface area (Å²) in [6.45, 7) is 0.140. The van der Waals surface area contributed by atoms with Crippen molar-refractivity contribution in [3.05, 3.63) is 76.5 Å². The van der Waals surface area contributed by atoms with Crippen LogP contribution in [0.3, 0.4) is 0 Å². The molecule has 0 atom stereocenters. The first kappa shape index (κ1) is 19.1. The summed E-state index contributed by atoms with van der Waals surface area (Å²) in [5.74, 6) is -0.715. The number of halogens is 2. The van der Waals surface area contributed by atoms with E-state index in [1.54, 1.807) is 18.3 Å². The van der Waals surface area contributed by atoms with Crippen LogP contribution >= 0.6 is 11.6 Å². The summed E-state index contributed by atoms with van der Waals surface area (Å²) in [5.41, 5.74) is 7.22. The van der Waals surface area contributed by atoms with E-state index in [1.165, 1.54) is 30.5 Å². The highest BCUT2D eigenvalue weighted by atomic mass is 35.5. The van der Waals surface area contributed by atoms with Gasteiger partial charge in [-0.05, 0) is 36.4 Å². The Bertz CT molecular complexity index is 1080. The van der Waals surface area contributed by atoms with E-state index in [4.69, 9.17) is 22.6 Å². The monoisotopic (exact) mass is 396 g/mol. The summed E-state index contributed by atoms with van der Waals surface area (Å²) in [6.07, 6.45) is 2.80. The van der Waals surface area contributed by atoms with Crippen LogP contribution in [0, 0.1) is 17.1 Å². The van der Waals surface area contributed by atoms with Crippen LogP contribution in [0.15, 0.2) is 48.8 Å². The van der Waals surface area contributed by atoms with Crippen LogP contribution in [0.2, 0.25) is 5.02 Å². The number of nitrogens with two attached hydrogens (primary N) is 1. The fourth-order valence-corrected chi connectivity index (χ4v) is 2.65. The van der Waals surface area contributed by atoms with Gasteiger partial charge in [-0.1, -0.05) is 11.6 Å². The standard InChI is InChI=1S/C19H14ClFN6O/c20-14-6-11(8-22)9-26-17(14)19(28)27-13-3-4-15(21)12(7-13)10-25-16-2-1-5-24-18(16)23/h1-7,9,25H,10H2,(H2,23,24)(H,27,28). The number of nitriles is 1. The fraction of sp³-hybridized carbons (Fsp3) is 0.0526. The molecule has 0 aliphatic carbocycles. The molecule has 7 nitrogen and oxygen atoms in total. The molecule has 140 valence electrons. The molecule has 0 aliphatic heterocycles. The van der Waals surface area contributed by atoms with Crippen molar-refractivity contribution in [2.24, 2.45) is 0 Å². The lowest BCUT2D eigenvalue weighted by molar-refractivity contribution is 0.102. The molecule has 3 rings (SSSR count). The van der Waals surface area contributed by atoms with E-state index in [0.29, 0.717) is 22.8 Å². The average Bonchev–Trinajstić information content (AvgIpc) is 2.69. The predicted octanol–water partition coefficient (Wildman–Crippen LogP) is 3.59. The largest absolute Gasteiger partial charge is 0.382 e. The normalized spacial score (nSPS) is 10.2. The summed E-state index contributed by atoms with van der Waals surface area (Å²) in [7, 11) is 0. The number of carbonyl (C=O) groups excluding carboxylic acids is 1. The predicted molar refractivity (Wildman–Crippen MR) is 104 cm³/mol.